The average Bonchev–Trinajstić information content (AvgIpc) is 3.30. The summed E-state index contributed by atoms with van der Waals surface area (Å²) >= 11 is 0. The van der Waals surface area contributed by atoms with E-state index in [0.717, 1.165) is 39.5 Å². The summed E-state index contributed by atoms with van der Waals surface area (Å²) in [6.45, 7) is 9.81. The zero-order valence-electron chi connectivity index (χ0n) is 27.4. The first-order chi connectivity index (χ1) is 21.8. The topological polar surface area (TPSA) is 181 Å². The van der Waals surface area contributed by atoms with Gasteiger partial charge < -0.3 is 20.3 Å². The molecule has 0 aromatic heterocycles. The van der Waals surface area contributed by atoms with Gasteiger partial charge in [-0.05, 0) is 68.0 Å². The predicted molar refractivity (Wildman–Crippen MR) is 182 cm³/mol. The van der Waals surface area contributed by atoms with Gasteiger partial charge in [0.1, 0.15) is 6.54 Å². The maximum Gasteiger partial charge on any atom is 0.307 e. The van der Waals surface area contributed by atoms with E-state index in [0.29, 0.717) is 38.0 Å². The van der Waals surface area contributed by atoms with Crippen LogP contribution in [-0.2, 0) is 48.8 Å². The third kappa shape index (κ3) is 8.57. The fourth-order valence-corrected chi connectivity index (χ4v) is 7.80. The number of carbonyl (C=O) groups is 1. The number of hydrogen-bond acceptors (Lipinski definition) is 8. The molecule has 4 rings (SSSR count). The smallest absolute Gasteiger partial charge is 0.307 e. The van der Waals surface area contributed by atoms with Crippen LogP contribution < -0.4 is 10.6 Å². The van der Waals surface area contributed by atoms with E-state index in [1.807, 2.05) is 42.5 Å². The minimum Gasteiger partial charge on any atom is -0.748 e. The van der Waals surface area contributed by atoms with Crippen LogP contribution in [0.25, 0.3) is 0 Å². The highest BCUT2D eigenvalue weighted by Crippen LogP contribution is 2.48. The predicted octanol–water partition coefficient (Wildman–Crippen LogP) is 4.38. The quantitative estimate of drug-likeness (QED) is 0.138. The summed E-state index contributed by atoms with van der Waals surface area (Å²) in [5.41, 5.74) is 12.7. The van der Waals surface area contributed by atoms with Crippen LogP contribution in [0.4, 0.5) is 11.4 Å². The summed E-state index contributed by atoms with van der Waals surface area (Å²) < 4.78 is 67.7. The highest BCUT2D eigenvalue weighted by atomic mass is 32.2. The zero-order chi connectivity index (χ0) is 34.8. The molecule has 2 heterocycles. The van der Waals surface area contributed by atoms with Crippen LogP contribution >= 0.6 is 0 Å². The first-order valence-electron chi connectivity index (χ1n) is 15.7. The Morgan fingerprint density at radius 1 is 0.936 bits per heavy atom. The van der Waals surface area contributed by atoms with Gasteiger partial charge in [0.2, 0.25) is 5.69 Å². The standard InChI is InChI=1S/C34H45N3O8S2/c1-33(2)26-20-24(22-32(38)39)12-14-28(26)36(16-5-7-18-46(40,41)42)30(33)10-9-11-31-34(3,4)27-21-25(23-35)13-15-29(27)37(31)17-6-8-19-47(43,44)45/h9-15,20-21H,5-8,16-19,22-23,35H2,1-4H3,(H2-,38,39,40,41,42,43,44,45). The highest BCUT2D eigenvalue weighted by molar-refractivity contribution is 7.85. The van der Waals surface area contributed by atoms with E-state index in [1.165, 1.54) is 0 Å². The van der Waals surface area contributed by atoms with Crippen LogP contribution in [-0.4, -0.2) is 71.9 Å². The molecular weight excluding hydrogens is 643 g/mol. The highest BCUT2D eigenvalue weighted by Gasteiger charge is 2.44. The fraction of sp³-hybridized carbons (Fsp3) is 0.471. The SMILES string of the molecule is CC1(C)C(=CC=CC2=[N+](CCCCS(=O)(=O)[O-])c3ccc(CN)cc3C2(C)C)N(CCCCS(=O)(=O)O)c2ccc(CC(=O)O)cc21. The monoisotopic (exact) mass is 687 g/mol. The Morgan fingerprint density at radius 2 is 1.60 bits per heavy atom. The molecule has 0 unspecified atom stereocenters. The lowest BCUT2D eigenvalue weighted by molar-refractivity contribution is -0.438. The molecule has 0 aliphatic carbocycles. The van der Waals surface area contributed by atoms with Crippen LogP contribution in [0, 0.1) is 0 Å². The second-order valence-electron chi connectivity index (χ2n) is 13.3. The molecule has 256 valence electrons. The van der Waals surface area contributed by atoms with E-state index in [2.05, 4.69) is 43.2 Å². The van der Waals surface area contributed by atoms with Crippen molar-refractivity contribution in [1.82, 2.24) is 0 Å². The summed E-state index contributed by atoms with van der Waals surface area (Å²) in [5, 5.41) is 9.39. The van der Waals surface area contributed by atoms with E-state index in [9.17, 15) is 35.8 Å². The molecule has 0 saturated carbocycles. The first-order valence-corrected chi connectivity index (χ1v) is 18.9. The molecule has 0 atom stereocenters. The van der Waals surface area contributed by atoms with E-state index in [4.69, 9.17) is 5.73 Å². The molecule has 2 aromatic carbocycles. The normalized spacial score (nSPS) is 17.9. The zero-order valence-corrected chi connectivity index (χ0v) is 29.0. The molecule has 0 bridgehead atoms. The summed E-state index contributed by atoms with van der Waals surface area (Å²) in [7, 11) is -8.38. The molecule has 13 heteroatoms. The molecule has 2 aromatic rings. The lowest BCUT2D eigenvalue weighted by atomic mass is 9.80. The van der Waals surface area contributed by atoms with Crippen LogP contribution in [0.5, 0.6) is 0 Å². The number of carboxylic acids is 1. The van der Waals surface area contributed by atoms with Gasteiger partial charge in [0, 0.05) is 59.8 Å². The van der Waals surface area contributed by atoms with E-state index in [-0.39, 0.29) is 25.0 Å². The molecule has 0 amide bonds. The van der Waals surface area contributed by atoms with Crippen molar-refractivity contribution in [3.63, 3.8) is 0 Å². The summed E-state index contributed by atoms with van der Waals surface area (Å²) in [5.74, 6) is -1.66. The third-order valence-corrected chi connectivity index (χ3v) is 10.7. The number of unbranched alkanes of at least 4 members (excludes halogenated alkanes) is 2. The molecule has 2 aliphatic rings. The molecule has 0 saturated heterocycles. The largest absolute Gasteiger partial charge is 0.748 e. The molecule has 0 spiro atoms. The van der Waals surface area contributed by atoms with Gasteiger partial charge in [-0.2, -0.15) is 13.0 Å². The van der Waals surface area contributed by atoms with Crippen LogP contribution in [0.3, 0.4) is 0 Å². The molecular formula is C34H45N3O8S2. The lowest BCUT2D eigenvalue weighted by Crippen LogP contribution is -2.28. The van der Waals surface area contributed by atoms with Crippen LogP contribution in [0.15, 0.2) is 60.3 Å². The Hall–Kier alpha value is -3.36. The van der Waals surface area contributed by atoms with Gasteiger partial charge >= 0.3 is 5.97 Å². The number of benzene rings is 2. The van der Waals surface area contributed by atoms with Gasteiger partial charge in [-0.25, -0.2) is 8.42 Å². The molecule has 2 aliphatic heterocycles. The minimum atomic E-state index is -4.30. The molecule has 11 nitrogen and oxygen atoms in total. The van der Waals surface area contributed by atoms with Gasteiger partial charge in [-0.3, -0.25) is 9.35 Å². The van der Waals surface area contributed by atoms with Gasteiger partial charge in [-0.15, -0.1) is 0 Å². The number of fused-ring (bicyclic) bond motifs is 2. The van der Waals surface area contributed by atoms with Crippen molar-refractivity contribution in [2.75, 3.05) is 29.5 Å². The Bertz CT molecular complexity index is 1840. The fourth-order valence-electron chi connectivity index (χ4n) is 6.67. The molecule has 0 radical (unpaired) electrons. The maximum absolute atomic E-state index is 11.5. The van der Waals surface area contributed by atoms with Crippen molar-refractivity contribution >= 4 is 43.3 Å². The van der Waals surface area contributed by atoms with Crippen molar-refractivity contribution in [2.24, 2.45) is 5.73 Å². The molecule has 0 fully saturated rings. The number of carboxylic acid groups (broad SMARTS) is 1. The third-order valence-electron chi connectivity index (χ3n) is 9.07. The van der Waals surface area contributed by atoms with Gasteiger partial charge in [0.15, 0.2) is 5.71 Å². The second kappa shape index (κ2) is 14.0. The second-order valence-corrected chi connectivity index (χ2v) is 16.4. The van der Waals surface area contributed by atoms with E-state index >= 15 is 0 Å². The van der Waals surface area contributed by atoms with Crippen molar-refractivity contribution < 1.29 is 40.4 Å². The van der Waals surface area contributed by atoms with E-state index in [1.54, 1.807) is 6.07 Å². The Morgan fingerprint density at radius 3 is 2.23 bits per heavy atom. The van der Waals surface area contributed by atoms with Crippen molar-refractivity contribution in [2.45, 2.75) is 77.2 Å². The number of nitrogens with zero attached hydrogens (tertiary/aromatic N) is 2. The molecule has 47 heavy (non-hydrogen) atoms. The van der Waals surface area contributed by atoms with Crippen molar-refractivity contribution in [1.29, 1.82) is 0 Å². The van der Waals surface area contributed by atoms with Gasteiger partial charge in [0.25, 0.3) is 10.1 Å². The van der Waals surface area contributed by atoms with Gasteiger partial charge in [-0.1, -0.05) is 38.1 Å². The lowest BCUT2D eigenvalue weighted by Gasteiger charge is -2.27. The Labute approximate surface area is 278 Å². The minimum absolute atomic E-state index is 0.104. The summed E-state index contributed by atoms with van der Waals surface area (Å²) in [6.07, 6.45) is 7.49. The number of allylic oxidation sites excluding steroid dienone is 4. The number of nitrogens with two attached hydrogens (primary N) is 1. The summed E-state index contributed by atoms with van der Waals surface area (Å²) in [4.78, 5) is 13.6. The maximum atomic E-state index is 11.5. The van der Waals surface area contributed by atoms with Gasteiger partial charge in [0.05, 0.1) is 27.7 Å². The number of rotatable bonds is 15. The van der Waals surface area contributed by atoms with Crippen molar-refractivity contribution in [3.05, 3.63) is 82.6 Å². The number of hydrogen-bond donors (Lipinski definition) is 3. The Balaban J connectivity index is 1.73. The van der Waals surface area contributed by atoms with E-state index < -0.39 is 42.8 Å². The first kappa shape index (κ1) is 36.5. The van der Waals surface area contributed by atoms with Crippen LogP contribution in [0.1, 0.15) is 75.6 Å². The van der Waals surface area contributed by atoms with Crippen LogP contribution in [0.2, 0.25) is 0 Å². The molecule has 4 N–H and O–H groups in total. The summed E-state index contributed by atoms with van der Waals surface area (Å²) in [6, 6.07) is 11.7. The average molecular weight is 688 g/mol. The Kier molecular flexibility index (Phi) is 10.9. The number of aliphatic carboxylic acids is 1. The number of anilines is 1. The van der Waals surface area contributed by atoms with Crippen molar-refractivity contribution in [3.8, 4) is 0 Å².